The number of amides is 3. The Kier molecular flexibility index (Phi) is 7.21. The number of imide groups is 1. The highest BCUT2D eigenvalue weighted by Gasteiger charge is 2.41. The molecule has 14 heteroatoms. The fourth-order valence-electron chi connectivity index (χ4n) is 7.35. The summed E-state index contributed by atoms with van der Waals surface area (Å²) in [6, 6.07) is 8.93. The van der Waals surface area contributed by atoms with Crippen molar-refractivity contribution in [3.05, 3.63) is 70.8 Å². The second kappa shape index (κ2) is 11.2. The first-order chi connectivity index (χ1) is 23.4. The Morgan fingerprint density at radius 3 is 1.63 bits per heavy atom. The van der Waals surface area contributed by atoms with Crippen LogP contribution in [0.5, 0.6) is 0 Å². The van der Waals surface area contributed by atoms with Crippen LogP contribution in [0.3, 0.4) is 0 Å². The summed E-state index contributed by atoms with van der Waals surface area (Å²) < 4.78 is 4.60. The monoisotopic (exact) mass is 663 g/mol. The third-order valence-electron chi connectivity index (χ3n) is 9.50. The number of hydrogen-bond donors (Lipinski definition) is 1. The van der Waals surface area contributed by atoms with Gasteiger partial charge in [-0.2, -0.15) is 0 Å². The highest BCUT2D eigenvalue weighted by molar-refractivity contribution is 6.39. The summed E-state index contributed by atoms with van der Waals surface area (Å²) in [5.41, 5.74) is 0.375. The van der Waals surface area contributed by atoms with Gasteiger partial charge < -0.3 is 44.4 Å². The molecule has 0 saturated carbocycles. The molecule has 0 aliphatic carbocycles. The van der Waals surface area contributed by atoms with E-state index in [0.29, 0.717) is 42.6 Å². The molecule has 248 valence electrons. The third-order valence-corrected chi connectivity index (χ3v) is 9.50. The van der Waals surface area contributed by atoms with Gasteiger partial charge in [-0.25, -0.2) is 0 Å². The van der Waals surface area contributed by atoms with E-state index >= 15 is 0 Å². The Hall–Kier alpha value is -6.15. The van der Waals surface area contributed by atoms with Crippen LogP contribution < -0.4 is 15.3 Å². The zero-order valence-corrected chi connectivity index (χ0v) is 25.5. The normalized spacial score (nSPS) is 16.9. The van der Waals surface area contributed by atoms with Crippen LogP contribution >= 0.6 is 0 Å². The number of carboxylic acids is 3. The number of carbonyl (C=O) groups is 7. The molecule has 2 aliphatic heterocycles. The van der Waals surface area contributed by atoms with Gasteiger partial charge in [0.2, 0.25) is 0 Å². The molecule has 1 N–H and O–H groups in total. The number of rotatable bonds is 10. The molecule has 5 aromatic rings. The highest BCUT2D eigenvalue weighted by Crippen LogP contribution is 2.48. The second-order valence-electron chi connectivity index (χ2n) is 11.9. The van der Waals surface area contributed by atoms with Crippen molar-refractivity contribution in [2.45, 2.75) is 44.0 Å². The second-order valence-corrected chi connectivity index (χ2v) is 11.9. The maximum atomic E-state index is 13.9. The number of hydrogen-bond acceptors (Lipinski definition) is 12. The van der Waals surface area contributed by atoms with Crippen molar-refractivity contribution in [1.82, 2.24) is 9.80 Å². The molecular formula is C35H23N2O12-3. The predicted octanol–water partition coefficient (Wildman–Crippen LogP) is -0.500. The van der Waals surface area contributed by atoms with Crippen LogP contribution in [-0.2, 0) is 23.9 Å². The lowest BCUT2D eigenvalue weighted by Gasteiger charge is -2.40. The molecule has 0 saturated heterocycles. The standard InChI is InChI=1S/C35H26N2O12/c1-49-25(40)13-11-23(35(47)48)37-32(43)20-8-4-16-14-2-6-18-28-19(31(42)36(30(18)41)22(34(45)46)10-12-24(38)39)7-3-15(26(14)28)17-5-9-21(33(37)44)29(20)27(16)17/h2-9,22-23,32,43H,10-13H2,1H3,(H,38,39)(H,45,46)(H,47,48)/p-3/t22-,23-,32?/m1/s1. The first-order valence-electron chi connectivity index (χ1n) is 15.1. The minimum absolute atomic E-state index is 0.0190. The van der Waals surface area contributed by atoms with E-state index in [1.165, 1.54) is 18.2 Å². The SMILES string of the molecule is COC(=O)CC[C@H](C(=O)[O-])N1C(=O)c2ccc3c4ccc5c6c(ccc(c7ccc(c2c37)C1O)c64)C(=O)N([C@H](CCC(=O)[O-])C(=O)[O-])C5=O. The average molecular weight is 664 g/mol. The van der Waals surface area contributed by atoms with Crippen molar-refractivity contribution in [1.29, 1.82) is 0 Å². The van der Waals surface area contributed by atoms with Gasteiger partial charge in [-0.05, 0) is 69.8 Å². The van der Waals surface area contributed by atoms with E-state index in [1.54, 1.807) is 30.3 Å². The van der Waals surface area contributed by atoms with Crippen LogP contribution in [0.25, 0.3) is 43.1 Å². The lowest BCUT2D eigenvalue weighted by molar-refractivity contribution is -0.314. The van der Waals surface area contributed by atoms with E-state index in [-0.39, 0.29) is 40.5 Å². The summed E-state index contributed by atoms with van der Waals surface area (Å²) in [5.74, 6) is -8.38. The number of aliphatic hydroxyl groups excluding tert-OH is 1. The lowest BCUT2D eigenvalue weighted by Crippen LogP contribution is -2.55. The van der Waals surface area contributed by atoms with Crippen LogP contribution in [0, 0.1) is 0 Å². The van der Waals surface area contributed by atoms with E-state index in [0.717, 1.165) is 12.0 Å². The van der Waals surface area contributed by atoms with E-state index in [2.05, 4.69) is 4.74 Å². The number of aliphatic hydroxyl groups is 1. The minimum Gasteiger partial charge on any atom is -0.550 e. The quantitative estimate of drug-likeness (QED) is 0.0864. The largest absolute Gasteiger partial charge is 0.550 e. The lowest BCUT2D eigenvalue weighted by atomic mass is 9.81. The molecule has 3 amide bonds. The molecule has 0 bridgehead atoms. The summed E-state index contributed by atoms with van der Waals surface area (Å²) in [5, 5.41) is 50.7. The van der Waals surface area contributed by atoms with Crippen molar-refractivity contribution < 1.29 is 58.7 Å². The number of benzene rings is 5. The molecule has 2 aliphatic rings. The highest BCUT2D eigenvalue weighted by atomic mass is 16.5. The Labute approximate surface area is 275 Å². The number of nitrogens with zero attached hydrogens (tertiary/aromatic N) is 2. The van der Waals surface area contributed by atoms with Crippen molar-refractivity contribution >= 4 is 84.7 Å². The maximum Gasteiger partial charge on any atom is 0.305 e. The van der Waals surface area contributed by atoms with E-state index in [4.69, 9.17) is 0 Å². The number of aliphatic carboxylic acids is 3. The van der Waals surface area contributed by atoms with Gasteiger partial charge >= 0.3 is 5.97 Å². The van der Waals surface area contributed by atoms with Gasteiger partial charge in [0.25, 0.3) is 17.7 Å². The number of carbonyl (C=O) groups excluding carboxylic acids is 7. The fraction of sp³-hybridized carbons (Fsp3) is 0.229. The molecule has 0 radical (unpaired) electrons. The number of esters is 1. The molecule has 3 atom stereocenters. The Balaban J connectivity index is 1.41. The van der Waals surface area contributed by atoms with Gasteiger partial charge in [0.05, 0.1) is 31.1 Å². The zero-order chi connectivity index (χ0) is 35.0. The van der Waals surface area contributed by atoms with Crippen LogP contribution in [0.1, 0.15) is 68.5 Å². The first-order valence-corrected chi connectivity index (χ1v) is 15.1. The van der Waals surface area contributed by atoms with Gasteiger partial charge in [0.15, 0.2) is 6.23 Å². The minimum atomic E-state index is -1.86. The molecule has 49 heavy (non-hydrogen) atoms. The van der Waals surface area contributed by atoms with Crippen molar-refractivity contribution in [2.75, 3.05) is 7.11 Å². The molecule has 7 rings (SSSR count). The van der Waals surface area contributed by atoms with Crippen molar-refractivity contribution in [3.8, 4) is 0 Å². The van der Waals surface area contributed by atoms with Crippen LogP contribution in [0.15, 0.2) is 48.5 Å². The summed E-state index contributed by atoms with van der Waals surface area (Å²) in [6.07, 6.45) is -3.74. The fourth-order valence-corrected chi connectivity index (χ4v) is 7.35. The smallest absolute Gasteiger partial charge is 0.305 e. The molecule has 0 spiro atoms. The molecule has 1 unspecified atom stereocenters. The number of fused-ring (bicyclic) bond motifs is 2. The third kappa shape index (κ3) is 4.48. The van der Waals surface area contributed by atoms with E-state index in [1.807, 2.05) is 0 Å². The van der Waals surface area contributed by atoms with E-state index < -0.39 is 72.8 Å². The molecule has 0 aromatic heterocycles. The summed E-state index contributed by atoms with van der Waals surface area (Å²) in [4.78, 5) is 89.6. The van der Waals surface area contributed by atoms with Gasteiger partial charge in [-0.15, -0.1) is 0 Å². The van der Waals surface area contributed by atoms with Crippen LogP contribution in [0.4, 0.5) is 0 Å². The van der Waals surface area contributed by atoms with E-state index in [9.17, 15) is 54.0 Å². The van der Waals surface area contributed by atoms with Gasteiger partial charge in [-0.3, -0.25) is 24.1 Å². The Morgan fingerprint density at radius 1 is 0.673 bits per heavy atom. The summed E-state index contributed by atoms with van der Waals surface area (Å²) in [7, 11) is 1.14. The molecule has 5 aromatic carbocycles. The topological polar surface area (TPSA) is 225 Å². The summed E-state index contributed by atoms with van der Waals surface area (Å²) >= 11 is 0. The summed E-state index contributed by atoms with van der Waals surface area (Å²) in [6.45, 7) is 0. The van der Waals surface area contributed by atoms with Crippen molar-refractivity contribution in [2.24, 2.45) is 0 Å². The van der Waals surface area contributed by atoms with Gasteiger partial charge in [0.1, 0.15) is 0 Å². The molecule has 2 heterocycles. The number of ether oxygens (including phenoxy) is 1. The predicted molar refractivity (Wildman–Crippen MR) is 162 cm³/mol. The van der Waals surface area contributed by atoms with Crippen LogP contribution in [0.2, 0.25) is 0 Å². The van der Waals surface area contributed by atoms with Crippen molar-refractivity contribution in [3.63, 3.8) is 0 Å². The van der Waals surface area contributed by atoms with Gasteiger partial charge in [0, 0.05) is 45.4 Å². The molecule has 14 nitrogen and oxygen atoms in total. The Bertz CT molecular complexity index is 2280. The number of carboxylic acid groups (broad SMARTS) is 3. The average Bonchev–Trinajstić information content (AvgIpc) is 3.07. The zero-order valence-electron chi connectivity index (χ0n) is 25.5. The molecule has 0 fully saturated rings. The number of methoxy groups -OCH3 is 1. The Morgan fingerprint density at radius 2 is 1.14 bits per heavy atom. The first kappa shape index (κ1) is 31.4. The molecular weight excluding hydrogens is 640 g/mol. The maximum absolute atomic E-state index is 13.9. The van der Waals surface area contributed by atoms with Crippen LogP contribution in [-0.4, -0.2) is 75.7 Å². The van der Waals surface area contributed by atoms with Gasteiger partial charge in [-0.1, -0.05) is 30.3 Å².